The van der Waals surface area contributed by atoms with E-state index in [0.717, 1.165) is 11.1 Å². The minimum atomic E-state index is -0.891. The van der Waals surface area contributed by atoms with Crippen molar-refractivity contribution in [3.8, 4) is 5.75 Å². The predicted octanol–water partition coefficient (Wildman–Crippen LogP) is 3.24. The Morgan fingerprint density at radius 2 is 1.68 bits per heavy atom. The molecule has 0 unspecified atom stereocenters. The number of nitrogens with one attached hydrogen (secondary N) is 2. The van der Waals surface area contributed by atoms with E-state index in [9.17, 15) is 14.7 Å². The van der Waals surface area contributed by atoms with E-state index < -0.39 is 11.8 Å². The number of benzene rings is 2. The smallest absolute Gasteiger partial charge is 0.314 e. The number of halogens is 1. The third kappa shape index (κ3) is 3.56. The van der Waals surface area contributed by atoms with Crippen molar-refractivity contribution in [1.82, 2.24) is 0 Å². The van der Waals surface area contributed by atoms with E-state index in [1.165, 1.54) is 12.1 Å². The molecular weight excluding hydrogens is 304 g/mol. The summed E-state index contributed by atoms with van der Waals surface area (Å²) in [6, 6.07) is 9.70. The van der Waals surface area contributed by atoms with Crippen molar-refractivity contribution in [1.29, 1.82) is 0 Å². The van der Waals surface area contributed by atoms with Gasteiger partial charge in [-0.3, -0.25) is 9.59 Å². The Balaban J connectivity index is 2.13. The van der Waals surface area contributed by atoms with Crippen LogP contribution in [0.15, 0.2) is 36.4 Å². The van der Waals surface area contributed by atoms with Gasteiger partial charge < -0.3 is 15.7 Å². The average molecular weight is 319 g/mol. The Bertz CT molecular complexity index is 721. The summed E-state index contributed by atoms with van der Waals surface area (Å²) >= 11 is 6.08. The molecule has 0 aliphatic carbocycles. The van der Waals surface area contributed by atoms with E-state index in [2.05, 4.69) is 10.6 Å². The first-order valence-corrected chi connectivity index (χ1v) is 6.93. The lowest BCUT2D eigenvalue weighted by atomic mass is 10.1. The fourth-order valence-corrected chi connectivity index (χ4v) is 2.37. The molecule has 0 saturated heterocycles. The van der Waals surface area contributed by atoms with E-state index >= 15 is 0 Å². The summed E-state index contributed by atoms with van der Waals surface area (Å²) in [6.45, 7) is 3.67. The average Bonchev–Trinajstić information content (AvgIpc) is 2.45. The standard InChI is InChI=1S/C16H15ClN2O3/c1-9-7-10(2)14(11(17)8-9)19-16(22)15(21)18-12-5-3-4-6-13(12)20/h3-8,20H,1-2H3,(H,18,21)(H,19,22). The minimum absolute atomic E-state index is 0.117. The van der Waals surface area contributed by atoms with Gasteiger partial charge in [-0.25, -0.2) is 0 Å². The number of phenols is 1. The number of carbonyl (C=O) groups excluding carboxylic acids is 2. The van der Waals surface area contributed by atoms with Gasteiger partial charge >= 0.3 is 11.8 Å². The number of carbonyl (C=O) groups is 2. The van der Waals surface area contributed by atoms with Crippen LogP contribution >= 0.6 is 11.6 Å². The molecular formula is C16H15ClN2O3. The molecule has 0 bridgehead atoms. The van der Waals surface area contributed by atoms with Gasteiger partial charge in [-0.2, -0.15) is 0 Å². The van der Waals surface area contributed by atoms with E-state index in [4.69, 9.17) is 11.6 Å². The molecule has 2 rings (SSSR count). The fourth-order valence-electron chi connectivity index (χ4n) is 2.00. The maximum Gasteiger partial charge on any atom is 0.314 e. The number of rotatable bonds is 2. The fraction of sp³-hybridized carbons (Fsp3) is 0.125. The van der Waals surface area contributed by atoms with Crippen molar-refractivity contribution < 1.29 is 14.7 Å². The molecule has 2 aromatic carbocycles. The number of aryl methyl sites for hydroxylation is 2. The van der Waals surface area contributed by atoms with Crippen LogP contribution in [0.1, 0.15) is 11.1 Å². The Hall–Kier alpha value is -2.53. The van der Waals surface area contributed by atoms with Crippen molar-refractivity contribution in [3.63, 3.8) is 0 Å². The molecule has 0 spiro atoms. The second-order valence-electron chi connectivity index (χ2n) is 4.86. The molecule has 0 aliphatic rings. The van der Waals surface area contributed by atoms with Crippen LogP contribution in [0.2, 0.25) is 5.02 Å². The first-order chi connectivity index (χ1) is 10.4. The number of amides is 2. The summed E-state index contributed by atoms with van der Waals surface area (Å²) in [5.74, 6) is -1.87. The van der Waals surface area contributed by atoms with Crippen LogP contribution in [0.5, 0.6) is 5.75 Å². The van der Waals surface area contributed by atoms with Crippen LogP contribution in [0.25, 0.3) is 0 Å². The SMILES string of the molecule is Cc1cc(C)c(NC(=O)C(=O)Nc2ccccc2O)c(Cl)c1. The molecule has 2 aromatic rings. The van der Waals surface area contributed by atoms with Gasteiger partial charge in [-0.1, -0.05) is 29.8 Å². The van der Waals surface area contributed by atoms with E-state index in [0.29, 0.717) is 10.7 Å². The quantitative estimate of drug-likeness (QED) is 0.587. The van der Waals surface area contributed by atoms with Crippen LogP contribution in [0.4, 0.5) is 11.4 Å². The number of anilines is 2. The summed E-state index contributed by atoms with van der Waals surface area (Å²) in [7, 11) is 0. The number of para-hydroxylation sites is 2. The lowest BCUT2D eigenvalue weighted by molar-refractivity contribution is -0.133. The largest absolute Gasteiger partial charge is 0.506 e. The van der Waals surface area contributed by atoms with Crippen molar-refractivity contribution >= 4 is 34.8 Å². The Labute approximate surface area is 132 Å². The topological polar surface area (TPSA) is 78.4 Å². The molecule has 3 N–H and O–H groups in total. The number of hydrogen-bond donors (Lipinski definition) is 3. The highest BCUT2D eigenvalue weighted by atomic mass is 35.5. The van der Waals surface area contributed by atoms with E-state index in [1.54, 1.807) is 25.1 Å². The maximum atomic E-state index is 12.0. The van der Waals surface area contributed by atoms with Gasteiger partial charge in [0.25, 0.3) is 0 Å². The third-order valence-electron chi connectivity index (χ3n) is 3.03. The summed E-state index contributed by atoms with van der Waals surface area (Å²) < 4.78 is 0. The van der Waals surface area contributed by atoms with Gasteiger partial charge in [-0.15, -0.1) is 0 Å². The molecule has 2 amide bonds. The normalized spacial score (nSPS) is 10.1. The molecule has 114 valence electrons. The number of phenolic OH excluding ortho intramolecular Hbond substituents is 1. The lowest BCUT2D eigenvalue weighted by Crippen LogP contribution is -2.29. The first kappa shape index (κ1) is 15.9. The summed E-state index contributed by atoms with van der Waals surface area (Å²) in [6.07, 6.45) is 0. The highest BCUT2D eigenvalue weighted by molar-refractivity contribution is 6.45. The van der Waals surface area contributed by atoms with Crippen molar-refractivity contribution in [2.24, 2.45) is 0 Å². The zero-order valence-electron chi connectivity index (χ0n) is 12.1. The van der Waals surface area contributed by atoms with Gasteiger partial charge in [0.2, 0.25) is 0 Å². The van der Waals surface area contributed by atoms with Crippen LogP contribution in [-0.2, 0) is 9.59 Å². The molecule has 5 nitrogen and oxygen atoms in total. The summed E-state index contributed by atoms with van der Waals surface area (Å²) in [4.78, 5) is 23.8. The van der Waals surface area contributed by atoms with Crippen molar-refractivity contribution in [2.75, 3.05) is 10.6 Å². The molecule has 0 radical (unpaired) electrons. The van der Waals surface area contributed by atoms with Crippen LogP contribution in [-0.4, -0.2) is 16.9 Å². The van der Waals surface area contributed by atoms with Crippen molar-refractivity contribution in [2.45, 2.75) is 13.8 Å². The monoisotopic (exact) mass is 318 g/mol. The second kappa shape index (κ2) is 6.49. The van der Waals surface area contributed by atoms with E-state index in [1.807, 2.05) is 13.0 Å². The van der Waals surface area contributed by atoms with Gasteiger partial charge in [0.1, 0.15) is 5.75 Å². The van der Waals surface area contributed by atoms with Crippen LogP contribution in [0, 0.1) is 13.8 Å². The molecule has 0 heterocycles. The number of hydrogen-bond acceptors (Lipinski definition) is 3. The van der Waals surface area contributed by atoms with Gasteiger partial charge in [-0.05, 0) is 43.2 Å². The Morgan fingerprint density at radius 3 is 2.32 bits per heavy atom. The van der Waals surface area contributed by atoms with Gasteiger partial charge in [0.05, 0.1) is 16.4 Å². The zero-order valence-corrected chi connectivity index (χ0v) is 12.9. The summed E-state index contributed by atoms with van der Waals surface area (Å²) in [5.41, 5.74) is 2.27. The minimum Gasteiger partial charge on any atom is -0.506 e. The van der Waals surface area contributed by atoms with Gasteiger partial charge in [0.15, 0.2) is 0 Å². The molecule has 0 aliphatic heterocycles. The Kier molecular flexibility index (Phi) is 4.68. The predicted molar refractivity (Wildman–Crippen MR) is 86.3 cm³/mol. The molecule has 6 heteroatoms. The van der Waals surface area contributed by atoms with E-state index in [-0.39, 0.29) is 11.4 Å². The molecule has 0 atom stereocenters. The van der Waals surface area contributed by atoms with Crippen LogP contribution in [0.3, 0.4) is 0 Å². The summed E-state index contributed by atoms with van der Waals surface area (Å²) in [5, 5.41) is 14.8. The maximum absolute atomic E-state index is 12.0. The molecule has 22 heavy (non-hydrogen) atoms. The van der Waals surface area contributed by atoms with Crippen molar-refractivity contribution in [3.05, 3.63) is 52.5 Å². The first-order valence-electron chi connectivity index (χ1n) is 6.55. The second-order valence-corrected chi connectivity index (χ2v) is 5.27. The molecule has 0 saturated carbocycles. The van der Waals surface area contributed by atoms with Gasteiger partial charge in [0, 0.05) is 0 Å². The zero-order chi connectivity index (χ0) is 16.3. The lowest BCUT2D eigenvalue weighted by Gasteiger charge is -2.12. The highest BCUT2D eigenvalue weighted by Gasteiger charge is 2.17. The highest BCUT2D eigenvalue weighted by Crippen LogP contribution is 2.27. The molecule has 0 fully saturated rings. The van der Waals surface area contributed by atoms with Crippen LogP contribution < -0.4 is 10.6 Å². The third-order valence-corrected chi connectivity index (χ3v) is 3.33. The Morgan fingerprint density at radius 1 is 1.05 bits per heavy atom. The molecule has 0 aromatic heterocycles. The number of aromatic hydroxyl groups is 1.